The van der Waals surface area contributed by atoms with E-state index in [1.54, 1.807) is 21.3 Å². The van der Waals surface area contributed by atoms with Crippen LogP contribution in [0.4, 0.5) is 0 Å². The average Bonchev–Trinajstić information content (AvgIpc) is 2.93. The highest BCUT2D eigenvalue weighted by molar-refractivity contribution is 6.18. The first-order valence-electron chi connectivity index (χ1n) is 6.22. The van der Waals surface area contributed by atoms with E-state index in [0.29, 0.717) is 29.0 Å². The van der Waals surface area contributed by atoms with Crippen molar-refractivity contribution in [3.8, 4) is 17.2 Å². The Morgan fingerprint density at radius 3 is 2.26 bits per heavy atom. The molecule has 4 nitrogen and oxygen atoms in total. The van der Waals surface area contributed by atoms with Gasteiger partial charge in [-0.25, -0.2) is 0 Å². The van der Waals surface area contributed by atoms with Crippen LogP contribution < -0.4 is 14.2 Å². The van der Waals surface area contributed by atoms with Crippen molar-refractivity contribution in [3.63, 3.8) is 0 Å². The topological polar surface area (TPSA) is 36.9 Å². The highest BCUT2D eigenvalue weighted by Crippen LogP contribution is 2.43. The molecule has 1 aliphatic rings. The monoisotopic (exact) mass is 286 g/mol. The zero-order valence-electron chi connectivity index (χ0n) is 11.4. The molecule has 2 rings (SSSR count). The summed E-state index contributed by atoms with van der Waals surface area (Å²) in [6.07, 6.45) is 0.969. The van der Waals surface area contributed by atoms with Crippen molar-refractivity contribution in [2.45, 2.75) is 12.5 Å². The number of hydrogen-bond acceptors (Lipinski definition) is 4. The second-order valence-electron chi connectivity index (χ2n) is 4.45. The lowest BCUT2D eigenvalue weighted by Crippen LogP contribution is -2.09. The third-order valence-electron chi connectivity index (χ3n) is 3.43. The summed E-state index contributed by atoms with van der Waals surface area (Å²) >= 11 is 5.99. The van der Waals surface area contributed by atoms with E-state index in [9.17, 15) is 0 Å². The van der Waals surface area contributed by atoms with E-state index in [1.807, 2.05) is 12.1 Å². The quantitative estimate of drug-likeness (QED) is 0.780. The van der Waals surface area contributed by atoms with E-state index < -0.39 is 0 Å². The van der Waals surface area contributed by atoms with Crippen LogP contribution in [0, 0.1) is 5.92 Å². The molecule has 2 atom stereocenters. The van der Waals surface area contributed by atoms with E-state index in [4.69, 9.17) is 30.5 Å². The highest BCUT2D eigenvalue weighted by atomic mass is 35.5. The van der Waals surface area contributed by atoms with Crippen molar-refractivity contribution >= 4 is 11.6 Å². The van der Waals surface area contributed by atoms with Crippen LogP contribution in [0.5, 0.6) is 17.2 Å². The number of benzene rings is 1. The molecule has 2 unspecified atom stereocenters. The van der Waals surface area contributed by atoms with Crippen molar-refractivity contribution in [2.24, 2.45) is 5.92 Å². The first kappa shape index (κ1) is 14.3. The van der Waals surface area contributed by atoms with Gasteiger partial charge in [0.25, 0.3) is 0 Å². The molecule has 1 aromatic rings. The number of halogens is 1. The van der Waals surface area contributed by atoms with Gasteiger partial charge in [-0.1, -0.05) is 0 Å². The second kappa shape index (κ2) is 6.35. The summed E-state index contributed by atoms with van der Waals surface area (Å²) in [6.45, 7) is 0.735. The van der Waals surface area contributed by atoms with Crippen LogP contribution in [0.15, 0.2) is 12.1 Å². The molecule has 0 amide bonds. The van der Waals surface area contributed by atoms with Gasteiger partial charge in [-0.15, -0.1) is 11.6 Å². The Kier molecular flexibility index (Phi) is 4.77. The molecule has 106 valence electrons. The summed E-state index contributed by atoms with van der Waals surface area (Å²) in [7, 11) is 4.80. The average molecular weight is 287 g/mol. The molecule has 1 fully saturated rings. The van der Waals surface area contributed by atoms with E-state index >= 15 is 0 Å². The molecular formula is C14H19ClO4. The van der Waals surface area contributed by atoms with Crippen molar-refractivity contribution in [3.05, 3.63) is 17.7 Å². The molecule has 1 heterocycles. The SMILES string of the molecule is COc1cc(C2OCCC2CCl)cc(OC)c1OC. The number of ether oxygens (including phenoxy) is 4. The number of rotatable bonds is 5. The molecule has 0 bridgehead atoms. The summed E-state index contributed by atoms with van der Waals surface area (Å²) in [5, 5.41) is 0. The lowest BCUT2D eigenvalue weighted by atomic mass is 9.96. The summed E-state index contributed by atoms with van der Waals surface area (Å²) in [4.78, 5) is 0. The molecule has 0 aliphatic carbocycles. The van der Waals surface area contributed by atoms with Crippen molar-refractivity contribution < 1.29 is 18.9 Å². The van der Waals surface area contributed by atoms with Crippen LogP contribution in [-0.2, 0) is 4.74 Å². The Morgan fingerprint density at radius 1 is 1.16 bits per heavy atom. The second-order valence-corrected chi connectivity index (χ2v) is 4.76. The summed E-state index contributed by atoms with van der Waals surface area (Å²) < 4.78 is 21.8. The van der Waals surface area contributed by atoms with Crippen LogP contribution in [0.2, 0.25) is 0 Å². The standard InChI is InChI=1S/C14H19ClO4/c1-16-11-6-10(7-12(17-2)14(11)18-3)13-9(8-15)4-5-19-13/h6-7,9,13H,4-5,8H2,1-3H3. The van der Waals surface area contributed by atoms with Crippen LogP contribution in [0.1, 0.15) is 18.1 Å². The van der Waals surface area contributed by atoms with E-state index in [-0.39, 0.29) is 6.10 Å². The third kappa shape index (κ3) is 2.74. The normalized spacial score (nSPS) is 22.3. The van der Waals surface area contributed by atoms with Gasteiger partial charge in [-0.05, 0) is 24.1 Å². The minimum Gasteiger partial charge on any atom is -0.493 e. The van der Waals surface area contributed by atoms with Crippen LogP contribution in [0.3, 0.4) is 0 Å². The number of hydrogen-bond donors (Lipinski definition) is 0. The fraction of sp³-hybridized carbons (Fsp3) is 0.571. The highest BCUT2D eigenvalue weighted by Gasteiger charge is 2.30. The molecule has 1 aliphatic heterocycles. The van der Waals surface area contributed by atoms with Gasteiger partial charge in [-0.3, -0.25) is 0 Å². The zero-order valence-corrected chi connectivity index (χ0v) is 12.2. The summed E-state index contributed by atoms with van der Waals surface area (Å²) in [6, 6.07) is 3.85. The lowest BCUT2D eigenvalue weighted by molar-refractivity contribution is 0.0946. The van der Waals surface area contributed by atoms with Gasteiger partial charge >= 0.3 is 0 Å². The van der Waals surface area contributed by atoms with Gasteiger partial charge in [0.05, 0.1) is 27.4 Å². The molecule has 0 aromatic heterocycles. The van der Waals surface area contributed by atoms with E-state index in [0.717, 1.165) is 18.6 Å². The summed E-state index contributed by atoms with van der Waals surface area (Å²) in [5.74, 6) is 2.78. The number of alkyl halides is 1. The Hall–Kier alpha value is -1.13. The maximum Gasteiger partial charge on any atom is 0.203 e. The van der Waals surface area contributed by atoms with Gasteiger partial charge in [0.15, 0.2) is 11.5 Å². The minimum atomic E-state index is -0.00814. The van der Waals surface area contributed by atoms with E-state index in [1.165, 1.54) is 0 Å². The van der Waals surface area contributed by atoms with Gasteiger partial charge < -0.3 is 18.9 Å². The van der Waals surface area contributed by atoms with Crippen molar-refractivity contribution in [1.29, 1.82) is 0 Å². The van der Waals surface area contributed by atoms with Gasteiger partial charge in [0, 0.05) is 18.4 Å². The largest absolute Gasteiger partial charge is 0.493 e. The Labute approximate surface area is 118 Å². The summed E-state index contributed by atoms with van der Waals surface area (Å²) in [5.41, 5.74) is 1.01. The van der Waals surface area contributed by atoms with Gasteiger partial charge in [0.2, 0.25) is 5.75 Å². The van der Waals surface area contributed by atoms with Gasteiger partial charge in [-0.2, -0.15) is 0 Å². The molecule has 0 saturated carbocycles. The molecule has 0 radical (unpaired) electrons. The van der Waals surface area contributed by atoms with Crippen LogP contribution in [-0.4, -0.2) is 33.8 Å². The van der Waals surface area contributed by atoms with Crippen molar-refractivity contribution in [2.75, 3.05) is 33.8 Å². The lowest BCUT2D eigenvalue weighted by Gasteiger charge is -2.20. The Balaban J connectivity index is 2.41. The fourth-order valence-corrected chi connectivity index (χ4v) is 2.74. The fourth-order valence-electron chi connectivity index (χ4n) is 2.43. The predicted octanol–water partition coefficient (Wildman–Crippen LogP) is 3.03. The molecule has 19 heavy (non-hydrogen) atoms. The molecule has 1 saturated heterocycles. The first-order chi connectivity index (χ1) is 9.24. The zero-order chi connectivity index (χ0) is 13.8. The molecule has 5 heteroatoms. The van der Waals surface area contributed by atoms with Crippen LogP contribution in [0.25, 0.3) is 0 Å². The van der Waals surface area contributed by atoms with E-state index in [2.05, 4.69) is 0 Å². The molecule has 0 N–H and O–H groups in total. The maximum atomic E-state index is 5.99. The maximum absolute atomic E-state index is 5.99. The number of methoxy groups -OCH3 is 3. The van der Waals surface area contributed by atoms with Gasteiger partial charge in [0.1, 0.15) is 0 Å². The van der Waals surface area contributed by atoms with Crippen molar-refractivity contribution in [1.82, 2.24) is 0 Å². The first-order valence-corrected chi connectivity index (χ1v) is 6.76. The predicted molar refractivity (Wildman–Crippen MR) is 73.6 cm³/mol. The smallest absolute Gasteiger partial charge is 0.203 e. The molecule has 0 spiro atoms. The Bertz CT molecular complexity index is 410. The molecule has 1 aromatic carbocycles. The molecular weight excluding hydrogens is 268 g/mol. The Morgan fingerprint density at radius 2 is 1.79 bits per heavy atom. The van der Waals surface area contributed by atoms with Crippen LogP contribution >= 0.6 is 11.6 Å². The minimum absolute atomic E-state index is 0.00814. The third-order valence-corrected chi connectivity index (χ3v) is 3.82.